The Morgan fingerprint density at radius 1 is 1.03 bits per heavy atom. The highest BCUT2D eigenvalue weighted by Crippen LogP contribution is 2.19. The van der Waals surface area contributed by atoms with Crippen molar-refractivity contribution in [3.8, 4) is 0 Å². The molecular weight excluding hydrogens is 388 g/mol. The molecule has 0 spiro atoms. The van der Waals surface area contributed by atoms with Crippen LogP contribution in [0.3, 0.4) is 0 Å². The van der Waals surface area contributed by atoms with E-state index in [0.717, 1.165) is 55.4 Å². The van der Waals surface area contributed by atoms with Gasteiger partial charge in [-0.1, -0.05) is 12.1 Å². The molecule has 1 saturated heterocycles. The van der Waals surface area contributed by atoms with Gasteiger partial charge in [-0.25, -0.2) is 0 Å². The number of aryl methyl sites for hydroxylation is 2. The molecule has 1 N–H and O–H groups in total. The van der Waals surface area contributed by atoms with Gasteiger partial charge in [-0.05, 0) is 56.7 Å². The molecular formula is C25H32N4O2. The molecule has 6 nitrogen and oxygen atoms in total. The van der Waals surface area contributed by atoms with Gasteiger partial charge in [0.15, 0.2) is 0 Å². The molecule has 3 aromatic rings. The number of nitrogens with one attached hydrogen (secondary N) is 1. The fraction of sp³-hybridized carbons (Fsp3) is 0.400. The summed E-state index contributed by atoms with van der Waals surface area (Å²) in [6, 6.07) is 14.5. The number of anilines is 1. The first-order valence-electron chi connectivity index (χ1n) is 11.0. The van der Waals surface area contributed by atoms with Crippen LogP contribution in [-0.2, 0) is 6.54 Å². The van der Waals surface area contributed by atoms with E-state index in [2.05, 4.69) is 50.9 Å². The molecule has 4 rings (SSSR count). The first-order chi connectivity index (χ1) is 15.0. The fourth-order valence-electron chi connectivity index (χ4n) is 4.31. The Morgan fingerprint density at radius 3 is 2.55 bits per heavy atom. The van der Waals surface area contributed by atoms with Crippen molar-refractivity contribution in [2.75, 3.05) is 44.2 Å². The molecule has 0 radical (unpaired) electrons. The predicted molar refractivity (Wildman–Crippen MR) is 124 cm³/mol. The molecule has 1 aliphatic rings. The molecule has 1 aliphatic heterocycles. The van der Waals surface area contributed by atoms with Crippen LogP contribution >= 0.6 is 0 Å². The van der Waals surface area contributed by atoms with Crippen LogP contribution in [0.5, 0.6) is 0 Å². The molecule has 31 heavy (non-hydrogen) atoms. The molecule has 0 bridgehead atoms. The SMILES string of the molecule is Cc1cccc(N2CCN(CCNC(=O)c3cc(C)n(Cc4ccco4)c3C)CC2)c1. The zero-order valence-corrected chi connectivity index (χ0v) is 18.7. The summed E-state index contributed by atoms with van der Waals surface area (Å²) < 4.78 is 7.58. The molecule has 0 aliphatic carbocycles. The minimum atomic E-state index is -0.00260. The van der Waals surface area contributed by atoms with Gasteiger partial charge in [-0.15, -0.1) is 0 Å². The molecule has 3 heterocycles. The number of hydrogen-bond donors (Lipinski definition) is 1. The molecule has 1 amide bonds. The number of carbonyl (C=O) groups excluding carboxylic acids is 1. The second-order valence-corrected chi connectivity index (χ2v) is 8.37. The zero-order valence-electron chi connectivity index (χ0n) is 18.7. The fourth-order valence-corrected chi connectivity index (χ4v) is 4.31. The Kier molecular flexibility index (Phi) is 6.47. The van der Waals surface area contributed by atoms with Gasteiger partial charge in [0.1, 0.15) is 5.76 Å². The summed E-state index contributed by atoms with van der Waals surface area (Å²) in [6.07, 6.45) is 1.68. The summed E-state index contributed by atoms with van der Waals surface area (Å²) in [7, 11) is 0. The highest BCUT2D eigenvalue weighted by Gasteiger charge is 2.19. The maximum Gasteiger partial charge on any atom is 0.253 e. The summed E-state index contributed by atoms with van der Waals surface area (Å²) in [5.74, 6) is 0.885. The summed E-state index contributed by atoms with van der Waals surface area (Å²) in [5, 5.41) is 3.11. The van der Waals surface area contributed by atoms with E-state index in [4.69, 9.17) is 4.42 Å². The third-order valence-corrected chi connectivity index (χ3v) is 6.17. The van der Waals surface area contributed by atoms with Crippen LogP contribution < -0.4 is 10.2 Å². The minimum Gasteiger partial charge on any atom is -0.467 e. The normalized spacial score (nSPS) is 14.7. The number of aromatic nitrogens is 1. The van der Waals surface area contributed by atoms with Crippen molar-refractivity contribution in [1.82, 2.24) is 14.8 Å². The smallest absolute Gasteiger partial charge is 0.253 e. The molecule has 1 fully saturated rings. The Hall–Kier alpha value is -2.99. The first-order valence-corrected chi connectivity index (χ1v) is 11.0. The van der Waals surface area contributed by atoms with E-state index in [0.29, 0.717) is 13.1 Å². The molecule has 0 unspecified atom stereocenters. The van der Waals surface area contributed by atoms with E-state index in [9.17, 15) is 4.79 Å². The predicted octanol–water partition coefficient (Wildman–Crippen LogP) is 3.61. The number of rotatable bonds is 7. The van der Waals surface area contributed by atoms with Crippen molar-refractivity contribution < 1.29 is 9.21 Å². The van der Waals surface area contributed by atoms with Crippen molar-refractivity contribution >= 4 is 11.6 Å². The van der Waals surface area contributed by atoms with Crippen molar-refractivity contribution in [2.45, 2.75) is 27.3 Å². The molecule has 2 aromatic heterocycles. The Morgan fingerprint density at radius 2 is 1.84 bits per heavy atom. The van der Waals surface area contributed by atoms with Crippen LogP contribution in [0, 0.1) is 20.8 Å². The van der Waals surface area contributed by atoms with Gasteiger partial charge in [0.25, 0.3) is 5.91 Å². The van der Waals surface area contributed by atoms with Gasteiger partial charge in [0.05, 0.1) is 18.4 Å². The Balaban J connectivity index is 1.25. The van der Waals surface area contributed by atoms with Gasteiger partial charge in [-0.2, -0.15) is 0 Å². The molecule has 1 aromatic carbocycles. The van der Waals surface area contributed by atoms with Crippen LogP contribution in [0.4, 0.5) is 5.69 Å². The number of benzene rings is 1. The largest absolute Gasteiger partial charge is 0.467 e. The first kappa shape index (κ1) is 21.2. The van der Waals surface area contributed by atoms with Crippen LogP contribution in [0.25, 0.3) is 0 Å². The zero-order chi connectivity index (χ0) is 21.8. The monoisotopic (exact) mass is 420 g/mol. The van der Waals surface area contributed by atoms with Gasteiger partial charge in [0.2, 0.25) is 0 Å². The summed E-state index contributed by atoms with van der Waals surface area (Å²) in [5.41, 5.74) is 5.38. The number of furan rings is 1. The summed E-state index contributed by atoms with van der Waals surface area (Å²) in [4.78, 5) is 17.6. The number of amides is 1. The standard InChI is InChI=1S/C25H32N4O2/c1-19-6-4-7-22(16-19)28-13-11-27(12-14-28)10-9-26-25(30)24-17-20(2)29(21(24)3)18-23-8-5-15-31-23/h4-8,15-17H,9-14,18H2,1-3H3,(H,26,30). The van der Waals surface area contributed by atoms with Crippen molar-refractivity contribution in [3.63, 3.8) is 0 Å². The molecule has 164 valence electrons. The second kappa shape index (κ2) is 9.43. The van der Waals surface area contributed by atoms with Crippen LogP contribution in [0.2, 0.25) is 0 Å². The molecule has 6 heteroatoms. The lowest BCUT2D eigenvalue weighted by Crippen LogP contribution is -2.48. The second-order valence-electron chi connectivity index (χ2n) is 8.37. The number of hydrogen-bond acceptors (Lipinski definition) is 4. The third kappa shape index (κ3) is 5.02. The van der Waals surface area contributed by atoms with Gasteiger partial charge >= 0.3 is 0 Å². The van der Waals surface area contributed by atoms with E-state index < -0.39 is 0 Å². The van der Waals surface area contributed by atoms with E-state index in [-0.39, 0.29) is 5.91 Å². The molecule has 0 atom stereocenters. The highest BCUT2D eigenvalue weighted by molar-refractivity contribution is 5.95. The average Bonchev–Trinajstić information content (AvgIpc) is 3.38. The maximum atomic E-state index is 12.8. The lowest BCUT2D eigenvalue weighted by molar-refractivity contribution is 0.0947. The van der Waals surface area contributed by atoms with Gasteiger partial charge in [0, 0.05) is 56.3 Å². The topological polar surface area (TPSA) is 53.6 Å². The summed E-state index contributed by atoms with van der Waals surface area (Å²) in [6.45, 7) is 12.4. The van der Waals surface area contributed by atoms with Crippen LogP contribution in [0.1, 0.15) is 33.1 Å². The number of piperazine rings is 1. The van der Waals surface area contributed by atoms with Crippen molar-refractivity contribution in [2.24, 2.45) is 0 Å². The van der Waals surface area contributed by atoms with Crippen LogP contribution in [-0.4, -0.2) is 54.6 Å². The highest BCUT2D eigenvalue weighted by atomic mass is 16.3. The molecule has 0 saturated carbocycles. The third-order valence-electron chi connectivity index (χ3n) is 6.17. The van der Waals surface area contributed by atoms with E-state index in [1.54, 1.807) is 6.26 Å². The minimum absolute atomic E-state index is 0.00260. The lowest BCUT2D eigenvalue weighted by Gasteiger charge is -2.36. The van der Waals surface area contributed by atoms with E-state index in [1.807, 2.05) is 32.0 Å². The Labute approximate surface area is 184 Å². The van der Waals surface area contributed by atoms with Gasteiger partial charge in [-0.3, -0.25) is 9.69 Å². The van der Waals surface area contributed by atoms with E-state index >= 15 is 0 Å². The maximum absolute atomic E-state index is 12.8. The average molecular weight is 421 g/mol. The van der Waals surface area contributed by atoms with E-state index in [1.165, 1.54) is 11.3 Å². The quantitative estimate of drug-likeness (QED) is 0.635. The Bertz CT molecular complexity index is 1010. The van der Waals surface area contributed by atoms with Gasteiger partial charge < -0.3 is 19.2 Å². The summed E-state index contributed by atoms with van der Waals surface area (Å²) >= 11 is 0. The number of nitrogens with zero attached hydrogens (tertiary/aromatic N) is 3. The van der Waals surface area contributed by atoms with Crippen molar-refractivity contribution in [1.29, 1.82) is 0 Å². The van der Waals surface area contributed by atoms with Crippen molar-refractivity contribution in [3.05, 3.63) is 77.0 Å². The van der Waals surface area contributed by atoms with Crippen LogP contribution in [0.15, 0.2) is 53.1 Å². The lowest BCUT2D eigenvalue weighted by atomic mass is 10.2. The number of carbonyl (C=O) groups is 1.